The number of carbonyl (C=O) groups is 1. The van der Waals surface area contributed by atoms with Gasteiger partial charge in [-0.25, -0.2) is 0 Å². The van der Waals surface area contributed by atoms with E-state index >= 15 is 0 Å². The molecule has 0 unspecified atom stereocenters. The SMILES string of the molecule is C/C=C/C/C=C/[C@H](C)C[C@H](O)[C@@H]1C[C@@H]2O[C@H]2C=C[C@@H]2OC(C)(C)O[C@H]2/C=C/C[C@H](C)CC(=O)O1. The van der Waals surface area contributed by atoms with Crippen molar-refractivity contribution in [3.05, 3.63) is 48.6 Å². The number of esters is 1. The normalized spacial score (nSPS) is 36.8. The van der Waals surface area contributed by atoms with E-state index in [0.717, 1.165) is 12.8 Å². The van der Waals surface area contributed by atoms with Crippen LogP contribution in [0.2, 0.25) is 0 Å². The summed E-state index contributed by atoms with van der Waals surface area (Å²) in [6.07, 6.45) is 17.4. The molecule has 2 fully saturated rings. The zero-order chi connectivity index (χ0) is 24.7. The van der Waals surface area contributed by atoms with E-state index < -0.39 is 18.0 Å². The number of aliphatic hydroxyl groups is 1. The van der Waals surface area contributed by atoms with Crippen LogP contribution < -0.4 is 0 Å². The van der Waals surface area contributed by atoms with Gasteiger partial charge in [-0.15, -0.1) is 0 Å². The lowest BCUT2D eigenvalue weighted by molar-refractivity contribution is -0.157. The van der Waals surface area contributed by atoms with Gasteiger partial charge in [0, 0.05) is 12.8 Å². The summed E-state index contributed by atoms with van der Waals surface area (Å²) in [5, 5.41) is 11.0. The number of hydrogen-bond donors (Lipinski definition) is 1. The minimum atomic E-state index is -0.748. The van der Waals surface area contributed by atoms with Gasteiger partial charge in [-0.1, -0.05) is 62.5 Å². The summed E-state index contributed by atoms with van der Waals surface area (Å²) in [6, 6.07) is 0. The van der Waals surface area contributed by atoms with Crippen LogP contribution in [0.25, 0.3) is 0 Å². The zero-order valence-corrected chi connectivity index (χ0v) is 21.3. The van der Waals surface area contributed by atoms with Gasteiger partial charge in [0.05, 0.1) is 12.2 Å². The molecule has 3 aliphatic heterocycles. The third-order valence-corrected chi connectivity index (χ3v) is 6.42. The van der Waals surface area contributed by atoms with E-state index in [1.54, 1.807) is 0 Å². The Morgan fingerprint density at radius 3 is 2.59 bits per heavy atom. The third kappa shape index (κ3) is 8.49. The topological polar surface area (TPSA) is 77.5 Å². The van der Waals surface area contributed by atoms with Gasteiger partial charge in [0.15, 0.2) is 5.79 Å². The molecule has 190 valence electrons. The first-order chi connectivity index (χ1) is 16.2. The van der Waals surface area contributed by atoms with Crippen LogP contribution in [0.4, 0.5) is 0 Å². The number of aliphatic hydroxyl groups excluding tert-OH is 1. The minimum Gasteiger partial charge on any atom is -0.459 e. The minimum absolute atomic E-state index is 0.0763. The number of fused-ring (bicyclic) bond motifs is 2. The summed E-state index contributed by atoms with van der Waals surface area (Å²) in [6.45, 7) is 9.92. The highest BCUT2D eigenvalue weighted by atomic mass is 16.7. The number of ether oxygens (including phenoxy) is 4. The molecule has 0 saturated carbocycles. The number of allylic oxidation sites excluding steroid dienone is 5. The Balaban J connectivity index is 1.67. The van der Waals surface area contributed by atoms with Crippen molar-refractivity contribution in [3.63, 3.8) is 0 Å². The maximum absolute atomic E-state index is 12.7. The molecule has 3 aliphatic rings. The lowest BCUT2D eigenvalue weighted by atomic mass is 9.96. The molecule has 0 aromatic carbocycles. The second kappa shape index (κ2) is 12.3. The highest BCUT2D eigenvalue weighted by Gasteiger charge is 2.43. The summed E-state index contributed by atoms with van der Waals surface area (Å²) < 4.78 is 23.7. The van der Waals surface area contributed by atoms with E-state index in [1.807, 2.05) is 52.0 Å². The van der Waals surface area contributed by atoms with Gasteiger partial charge in [0.25, 0.3) is 0 Å². The number of hydrogen-bond acceptors (Lipinski definition) is 6. The molecule has 0 aromatic heterocycles. The fourth-order valence-electron chi connectivity index (χ4n) is 4.53. The lowest BCUT2D eigenvalue weighted by Crippen LogP contribution is -2.34. The Hall–Kier alpha value is -1.73. The van der Waals surface area contributed by atoms with Crippen molar-refractivity contribution in [2.75, 3.05) is 0 Å². The summed E-state index contributed by atoms with van der Waals surface area (Å²) in [4.78, 5) is 12.7. The zero-order valence-electron chi connectivity index (χ0n) is 21.3. The number of carbonyl (C=O) groups excluding carboxylic acids is 1. The Labute approximate surface area is 204 Å². The monoisotopic (exact) mass is 474 g/mol. The number of cyclic esters (lactones) is 1. The molecule has 0 bridgehead atoms. The van der Waals surface area contributed by atoms with Crippen LogP contribution in [0.1, 0.15) is 66.7 Å². The van der Waals surface area contributed by atoms with Gasteiger partial charge in [-0.3, -0.25) is 4.79 Å². The van der Waals surface area contributed by atoms with E-state index in [2.05, 4.69) is 31.2 Å². The molecule has 0 aliphatic carbocycles. The van der Waals surface area contributed by atoms with Crippen LogP contribution in [-0.2, 0) is 23.7 Å². The van der Waals surface area contributed by atoms with Crippen LogP contribution in [0, 0.1) is 11.8 Å². The van der Waals surface area contributed by atoms with Gasteiger partial charge in [-0.05, 0) is 51.9 Å². The van der Waals surface area contributed by atoms with Gasteiger partial charge in [-0.2, -0.15) is 0 Å². The van der Waals surface area contributed by atoms with Crippen LogP contribution in [0.3, 0.4) is 0 Å². The third-order valence-electron chi connectivity index (χ3n) is 6.42. The summed E-state index contributed by atoms with van der Waals surface area (Å²) >= 11 is 0. The molecule has 2 saturated heterocycles. The van der Waals surface area contributed by atoms with Crippen LogP contribution in [0.5, 0.6) is 0 Å². The van der Waals surface area contributed by atoms with Crippen molar-refractivity contribution < 1.29 is 28.8 Å². The number of rotatable bonds is 6. The van der Waals surface area contributed by atoms with E-state index in [9.17, 15) is 9.90 Å². The molecular weight excluding hydrogens is 432 g/mol. The average molecular weight is 475 g/mol. The first-order valence-corrected chi connectivity index (χ1v) is 12.7. The van der Waals surface area contributed by atoms with E-state index in [4.69, 9.17) is 18.9 Å². The van der Waals surface area contributed by atoms with E-state index in [-0.39, 0.29) is 42.2 Å². The van der Waals surface area contributed by atoms with Crippen LogP contribution in [0.15, 0.2) is 48.6 Å². The van der Waals surface area contributed by atoms with Gasteiger partial charge in [0.2, 0.25) is 0 Å². The second-order valence-corrected chi connectivity index (χ2v) is 10.3. The summed E-state index contributed by atoms with van der Waals surface area (Å²) in [5.41, 5.74) is 0. The summed E-state index contributed by atoms with van der Waals surface area (Å²) in [7, 11) is 0. The van der Waals surface area contributed by atoms with Gasteiger partial charge in [0.1, 0.15) is 24.4 Å². The van der Waals surface area contributed by atoms with Crippen LogP contribution in [-0.4, -0.2) is 53.5 Å². The molecule has 0 aromatic rings. The molecule has 0 radical (unpaired) electrons. The fraction of sp³-hybridized carbons (Fsp3) is 0.679. The Kier molecular flexibility index (Phi) is 9.72. The molecule has 6 nitrogen and oxygen atoms in total. The molecule has 1 N–H and O–H groups in total. The van der Waals surface area contributed by atoms with Crippen molar-refractivity contribution >= 4 is 5.97 Å². The smallest absolute Gasteiger partial charge is 0.306 e. The predicted octanol–water partition coefficient (Wildman–Crippen LogP) is 5.03. The lowest BCUT2D eigenvalue weighted by Gasteiger charge is -2.25. The van der Waals surface area contributed by atoms with Crippen LogP contribution >= 0.6 is 0 Å². The average Bonchev–Trinajstić information content (AvgIpc) is 3.42. The molecule has 8 atom stereocenters. The molecule has 3 rings (SSSR count). The highest BCUT2D eigenvalue weighted by Crippen LogP contribution is 2.34. The molecular formula is C28H42O6. The van der Waals surface area contributed by atoms with Crippen molar-refractivity contribution in [1.82, 2.24) is 0 Å². The summed E-state index contributed by atoms with van der Waals surface area (Å²) in [5.74, 6) is -0.630. The van der Waals surface area contributed by atoms with Crippen molar-refractivity contribution in [2.45, 2.75) is 109 Å². The molecule has 0 spiro atoms. The highest BCUT2D eigenvalue weighted by molar-refractivity contribution is 5.69. The van der Waals surface area contributed by atoms with Crippen molar-refractivity contribution in [3.8, 4) is 0 Å². The Morgan fingerprint density at radius 1 is 1.15 bits per heavy atom. The number of epoxide rings is 1. The van der Waals surface area contributed by atoms with Crippen molar-refractivity contribution in [1.29, 1.82) is 0 Å². The Bertz CT molecular complexity index is 782. The predicted molar refractivity (Wildman–Crippen MR) is 132 cm³/mol. The van der Waals surface area contributed by atoms with Gasteiger partial charge < -0.3 is 24.1 Å². The maximum atomic E-state index is 12.7. The first-order valence-electron chi connectivity index (χ1n) is 12.7. The molecule has 0 amide bonds. The van der Waals surface area contributed by atoms with Gasteiger partial charge >= 0.3 is 5.97 Å². The van der Waals surface area contributed by atoms with E-state index in [0.29, 0.717) is 19.3 Å². The molecule has 6 heteroatoms. The first kappa shape index (κ1) is 26.9. The largest absolute Gasteiger partial charge is 0.459 e. The Morgan fingerprint density at radius 2 is 1.85 bits per heavy atom. The van der Waals surface area contributed by atoms with Crippen molar-refractivity contribution in [2.24, 2.45) is 11.8 Å². The molecule has 34 heavy (non-hydrogen) atoms. The quantitative estimate of drug-likeness (QED) is 0.331. The maximum Gasteiger partial charge on any atom is 0.306 e. The standard InChI is InChI=1S/C28H42O6/c1-6-7-8-9-11-19(2)16-21(29)25-18-26-22(31-26)14-15-24-23(33-28(4,5)34-24)13-10-12-20(3)17-27(30)32-25/h6-7,9-11,13-15,19-26,29H,8,12,16-18H2,1-5H3/b7-6+,11-9+,13-10+,15-14?/t19-,20-,21-,22-,23-,24-,25-,26-/m0/s1. The van der Waals surface area contributed by atoms with E-state index in [1.165, 1.54) is 0 Å². The second-order valence-electron chi connectivity index (χ2n) is 10.3. The fourth-order valence-corrected chi connectivity index (χ4v) is 4.53. The molecule has 3 heterocycles.